The molecule has 4 unspecified atom stereocenters. The van der Waals surface area contributed by atoms with Crippen molar-refractivity contribution in [3.63, 3.8) is 0 Å². The molecule has 4 atom stereocenters. The second-order valence-electron chi connectivity index (χ2n) is 32.0. The second kappa shape index (κ2) is 70.5. The summed E-state index contributed by atoms with van der Waals surface area (Å²) in [4.78, 5) is 53.3. The summed E-state index contributed by atoms with van der Waals surface area (Å²) in [5.41, 5.74) is -6.09. The quantitative estimate of drug-likeness (QED) is 0.0105. The summed E-state index contributed by atoms with van der Waals surface area (Å²) in [6.45, 7) is 30.2. The van der Waals surface area contributed by atoms with Crippen LogP contribution in [-0.2, 0) is 106 Å². The monoisotopic (exact) mass is 2030 g/mol. The van der Waals surface area contributed by atoms with Crippen LogP contribution < -0.4 is 40.6 Å². The Morgan fingerprint density at radius 3 is 0.985 bits per heavy atom. The number of phosphoric ester groups is 3. The number of benzene rings is 3. The first-order valence-corrected chi connectivity index (χ1v) is 51.9. The van der Waals surface area contributed by atoms with Gasteiger partial charge in [0.1, 0.15) is 141 Å². The van der Waals surface area contributed by atoms with Gasteiger partial charge in [-0.1, -0.05) is 200 Å². The molecule has 0 aliphatic heterocycles. The van der Waals surface area contributed by atoms with Gasteiger partial charge in [-0.2, -0.15) is 30.6 Å². The first-order chi connectivity index (χ1) is 64.0. The second-order valence-corrected chi connectivity index (χ2v) is 38.3. The van der Waals surface area contributed by atoms with E-state index in [0.717, 1.165) is 133 Å². The standard InChI is InChI=1S/C25H34F2N7O4P.2C22H31F2N6O4P.C9H18ClN2OP.C9H20O.H3N.Na.H2O/c1-3-4-5-6-7-8-9-13-36-39(35,37-14-12-28-2)38-25(16-33-20-29-18-31-33,17-34-21-30-19-32-34)23-11-10-22(26)15-24(23)27;2*1-2-3-4-5-6-7-8-11-33-35(31,32)34-22(13-29-17-25-15-27-29,14-30-18-26-16-28-30)20-10-9-19(23)12-21(20)24;1-8(2)12(9(3)4)14(10)13-7-6-11-5;1-2-3-4-5-6-7-8-9-10;;;/h10-11,15,18-21H,3-9,12-14,16-17H2,1H3;2*9-10,12,15-18H,2-8,11,13-14H2,1H3,(H,31,32);8-9H,6-7H2,1-4H3;10H,2-9H2,1H3;1H3;;1H2/q;;;;;;+1;/p-1. The number of hydrogen-bond acceptors (Lipinski definition) is 27. The molecule has 0 radical (unpaired) electrons. The summed E-state index contributed by atoms with van der Waals surface area (Å²) >= 11 is 6.14. The maximum Gasteiger partial charge on any atom is 1.00 e. The minimum atomic E-state index is -4.95. The van der Waals surface area contributed by atoms with Crippen molar-refractivity contribution >= 4 is 42.4 Å². The predicted octanol–water partition coefficient (Wildman–Crippen LogP) is 16.8. The molecule has 0 spiro atoms. The minimum Gasteiger partial charge on any atom is -0.756 e. The zero-order valence-electron chi connectivity index (χ0n) is 79.8. The molecule has 49 heteroatoms. The van der Waals surface area contributed by atoms with E-state index in [2.05, 4.69) is 130 Å². The Balaban J connectivity index is 0.000000609. The molecule has 37 nitrogen and oxygen atoms in total. The Hall–Kier alpha value is -7.09. The number of rotatable bonds is 64. The van der Waals surface area contributed by atoms with Gasteiger partial charge in [-0.25, -0.2) is 111 Å². The van der Waals surface area contributed by atoms with E-state index in [-0.39, 0.29) is 130 Å². The first kappa shape index (κ1) is 125. The van der Waals surface area contributed by atoms with E-state index < -0.39 is 82.8 Å². The van der Waals surface area contributed by atoms with Gasteiger partial charge in [-0.05, 0) is 82.8 Å². The Bertz CT molecular complexity index is 4480. The molecule has 0 saturated carbocycles. The molecule has 756 valence electrons. The molecule has 9 aromatic rings. The molecule has 6 heterocycles. The molecule has 6 aromatic heterocycles. The van der Waals surface area contributed by atoms with Gasteiger partial charge in [-0.15, -0.1) is 0 Å². The normalized spacial score (nSPS) is 13.0. The van der Waals surface area contributed by atoms with Crippen LogP contribution in [0.5, 0.6) is 0 Å². The van der Waals surface area contributed by atoms with E-state index in [0.29, 0.717) is 69.3 Å². The zero-order valence-corrected chi connectivity index (χ0v) is 86.1. The van der Waals surface area contributed by atoms with Crippen molar-refractivity contribution < 1.29 is 126 Å². The van der Waals surface area contributed by atoms with Crippen molar-refractivity contribution in [3.8, 4) is 0 Å². The van der Waals surface area contributed by atoms with Crippen LogP contribution >= 0.6 is 42.4 Å². The number of aliphatic hydroxyl groups excluding tert-OH is 1. The molecular weight excluding hydrogens is 1890 g/mol. The van der Waals surface area contributed by atoms with E-state index in [4.69, 9.17) is 65.7 Å². The molecule has 0 amide bonds. The topological polar surface area (TPSA) is 451 Å². The minimum absolute atomic E-state index is 0. The molecule has 0 aliphatic rings. The van der Waals surface area contributed by atoms with Gasteiger partial charge < -0.3 is 49.8 Å². The van der Waals surface area contributed by atoms with Gasteiger partial charge in [0.05, 0.1) is 59.1 Å². The van der Waals surface area contributed by atoms with Crippen molar-refractivity contribution in [3.05, 3.63) is 205 Å². The number of phosphoric acid groups is 3. The molecule has 9 rings (SSSR count). The average Bonchev–Trinajstić information content (AvgIpc) is 1.21. The molecule has 0 saturated heterocycles. The predicted molar refractivity (Wildman–Crippen MR) is 498 cm³/mol. The summed E-state index contributed by atoms with van der Waals surface area (Å²) in [6, 6.07) is 9.42. The van der Waals surface area contributed by atoms with Crippen LogP contribution in [0.3, 0.4) is 0 Å². The van der Waals surface area contributed by atoms with Crippen LogP contribution in [0.2, 0.25) is 0 Å². The number of hydrogen-bond donors (Lipinski definition) is 3. The molecule has 0 aliphatic carbocycles. The number of unbranched alkanes of at least 4 members (excludes halogenated alkanes) is 24. The Morgan fingerprint density at radius 2 is 0.699 bits per heavy atom. The SMILES string of the molecule is CCCCCCCCCO.CCCCCCCCCOP(=O)(O)OC(Cn1cncn1)(Cn1cncn1)c1ccc(F)cc1F.CCCCCCCCCOP(=O)([O-])OC(Cn1cncn1)(Cn1cncn1)c1ccc(F)cc1F.N.O.[C-]#[N+]CCOP(=O)(OCCCCCCCCC)OC(Cn1cncn1)(Cn1cncn1)c1ccc(F)cc1F.[C-]#[N+]CCOP(Cl)N(C(C)C)C(C)C.[Na+]. The van der Waals surface area contributed by atoms with Crippen LogP contribution in [0.25, 0.3) is 9.69 Å². The molecule has 7 N–H and O–H groups in total. The van der Waals surface area contributed by atoms with Gasteiger partial charge in [0.2, 0.25) is 20.7 Å². The van der Waals surface area contributed by atoms with Crippen LogP contribution in [0, 0.1) is 48.0 Å². The molecule has 0 bridgehead atoms. The average molecular weight is 2030 g/mol. The van der Waals surface area contributed by atoms with Crippen LogP contribution in [0.4, 0.5) is 26.3 Å². The van der Waals surface area contributed by atoms with Crippen molar-refractivity contribution in [2.75, 3.05) is 52.7 Å². The van der Waals surface area contributed by atoms with Gasteiger partial charge in [0, 0.05) is 53.6 Å². The van der Waals surface area contributed by atoms with Crippen LogP contribution in [0.1, 0.15) is 252 Å². The molecule has 136 heavy (non-hydrogen) atoms. The van der Waals surface area contributed by atoms with Crippen LogP contribution in [0.15, 0.2) is 131 Å². The molecule has 3 aromatic carbocycles. The Morgan fingerprint density at radius 1 is 0.426 bits per heavy atom. The van der Waals surface area contributed by atoms with Gasteiger partial charge in [-0.3, -0.25) is 27.2 Å². The van der Waals surface area contributed by atoms with E-state index in [1.807, 2.05) is 0 Å². The van der Waals surface area contributed by atoms with Crippen molar-refractivity contribution in [2.45, 2.75) is 303 Å². The largest absolute Gasteiger partial charge is 1.00 e. The van der Waals surface area contributed by atoms with E-state index in [1.54, 1.807) is 0 Å². The Kier molecular flexibility index (Phi) is 64.8. The van der Waals surface area contributed by atoms with Gasteiger partial charge in [0.15, 0.2) is 0 Å². The summed E-state index contributed by atoms with van der Waals surface area (Å²) in [5, 5.41) is 32.7. The fraction of sp³-hybridized carbons (Fsp3) is 0.632. The smallest absolute Gasteiger partial charge is 0.756 e. The summed E-state index contributed by atoms with van der Waals surface area (Å²) in [6.07, 6.45) is 45.7. The third kappa shape index (κ3) is 48.9. The maximum absolute atomic E-state index is 15.3. The molecule has 0 fully saturated rings. The fourth-order valence-corrected chi connectivity index (χ4v) is 19.9. The third-order valence-electron chi connectivity index (χ3n) is 20.3. The number of aromatic nitrogens is 18. The Labute approximate surface area is 823 Å². The first-order valence-electron chi connectivity index (χ1n) is 45.4. The number of nitrogens with zero attached hydrogens (tertiary/aromatic N) is 21. The van der Waals surface area contributed by atoms with Crippen molar-refractivity contribution in [2.24, 2.45) is 0 Å². The van der Waals surface area contributed by atoms with Crippen LogP contribution in [-0.4, -0.2) is 174 Å². The van der Waals surface area contributed by atoms with Gasteiger partial charge >= 0.3 is 45.2 Å². The van der Waals surface area contributed by atoms with Crippen molar-refractivity contribution in [1.82, 2.24) is 99.4 Å². The number of aliphatic hydroxyl groups is 1. The van der Waals surface area contributed by atoms with E-state index in [1.165, 1.54) is 168 Å². The third-order valence-corrected chi connectivity index (χ3v) is 26.5. The van der Waals surface area contributed by atoms with E-state index in [9.17, 15) is 36.7 Å². The van der Waals surface area contributed by atoms with E-state index >= 15 is 13.2 Å². The van der Waals surface area contributed by atoms with Gasteiger partial charge in [0.25, 0.3) is 7.82 Å². The maximum atomic E-state index is 15.3. The van der Waals surface area contributed by atoms with Crippen molar-refractivity contribution in [1.29, 1.82) is 0 Å². The molecular formula is C87H138ClF6N22NaO15P4. The summed E-state index contributed by atoms with van der Waals surface area (Å²) in [7, 11) is -15.1. The summed E-state index contributed by atoms with van der Waals surface area (Å²) < 4.78 is 181. The zero-order chi connectivity index (χ0) is 97.1. The summed E-state index contributed by atoms with van der Waals surface area (Å²) in [5.74, 6) is -5.30. The number of halogens is 7. The fourth-order valence-electron chi connectivity index (χ4n) is 14.0.